The third-order valence-electron chi connectivity index (χ3n) is 3.31. The molecule has 1 aliphatic rings. The van der Waals surface area contributed by atoms with E-state index in [9.17, 15) is 14.0 Å². The van der Waals surface area contributed by atoms with Gasteiger partial charge in [-0.1, -0.05) is 41.9 Å². The van der Waals surface area contributed by atoms with Crippen molar-refractivity contribution in [3.63, 3.8) is 0 Å². The fraction of sp³-hybridized carbons (Fsp3) is 0.0588. The van der Waals surface area contributed by atoms with Crippen LogP contribution in [0.4, 0.5) is 9.18 Å². The minimum absolute atomic E-state index is 0.116. The number of amides is 2. The summed E-state index contributed by atoms with van der Waals surface area (Å²) in [5.41, 5.74) is 1.23. The maximum Gasteiger partial charge on any atom is 0.293 e. The lowest BCUT2D eigenvalue weighted by Gasteiger charge is -2.13. The second kappa shape index (κ2) is 6.56. The molecule has 0 bridgehead atoms. The third kappa shape index (κ3) is 3.46. The molecule has 3 nitrogen and oxygen atoms in total. The van der Waals surface area contributed by atoms with Gasteiger partial charge in [-0.2, -0.15) is 0 Å². The standard InChI is InChI=1S/C17H11ClFNO2S/c18-14-7-2-1-5-12(14)10-20-16(21)15(23-17(20)22)9-11-4-3-6-13(19)8-11/h1-9H,10H2/b15-9-. The van der Waals surface area contributed by atoms with Gasteiger partial charge in [0.15, 0.2) is 0 Å². The molecule has 0 spiro atoms. The quantitative estimate of drug-likeness (QED) is 0.754. The van der Waals surface area contributed by atoms with Crippen molar-refractivity contribution in [2.45, 2.75) is 6.54 Å². The zero-order valence-corrected chi connectivity index (χ0v) is 13.4. The average Bonchev–Trinajstić information content (AvgIpc) is 2.77. The monoisotopic (exact) mass is 347 g/mol. The molecule has 2 aromatic rings. The SMILES string of the molecule is O=C1S/C(=C\c2cccc(F)c2)C(=O)N1Cc1ccccc1Cl. The van der Waals surface area contributed by atoms with Crippen LogP contribution in [0, 0.1) is 5.82 Å². The first-order chi connectivity index (χ1) is 11.0. The number of carbonyl (C=O) groups excluding carboxylic acids is 2. The summed E-state index contributed by atoms with van der Waals surface area (Å²) in [6.45, 7) is 0.116. The van der Waals surface area contributed by atoms with E-state index in [4.69, 9.17) is 11.6 Å². The fourth-order valence-corrected chi connectivity index (χ4v) is 3.21. The van der Waals surface area contributed by atoms with Gasteiger partial charge in [0.05, 0.1) is 11.4 Å². The summed E-state index contributed by atoms with van der Waals surface area (Å²) >= 11 is 6.91. The van der Waals surface area contributed by atoms with Crippen molar-refractivity contribution in [3.8, 4) is 0 Å². The van der Waals surface area contributed by atoms with Crippen LogP contribution in [0.25, 0.3) is 6.08 Å². The number of imide groups is 1. The van der Waals surface area contributed by atoms with Crippen molar-refractivity contribution in [1.82, 2.24) is 4.90 Å². The molecule has 116 valence electrons. The van der Waals surface area contributed by atoms with E-state index in [0.717, 1.165) is 16.7 Å². The Morgan fingerprint density at radius 3 is 2.65 bits per heavy atom. The Morgan fingerprint density at radius 1 is 1.13 bits per heavy atom. The van der Waals surface area contributed by atoms with Crippen LogP contribution in [0.15, 0.2) is 53.4 Å². The topological polar surface area (TPSA) is 37.4 Å². The molecular formula is C17H11ClFNO2S. The fourth-order valence-electron chi connectivity index (χ4n) is 2.18. The number of hydrogen-bond acceptors (Lipinski definition) is 3. The summed E-state index contributed by atoms with van der Waals surface area (Å²) in [5.74, 6) is -0.793. The summed E-state index contributed by atoms with van der Waals surface area (Å²) in [4.78, 5) is 25.9. The number of carbonyl (C=O) groups is 2. The Hall–Kier alpha value is -2.11. The Balaban J connectivity index is 1.84. The minimum atomic E-state index is -0.399. The molecular weight excluding hydrogens is 337 g/mol. The smallest absolute Gasteiger partial charge is 0.268 e. The molecule has 0 unspecified atom stereocenters. The van der Waals surface area contributed by atoms with E-state index in [0.29, 0.717) is 16.1 Å². The highest BCUT2D eigenvalue weighted by Crippen LogP contribution is 2.34. The molecule has 1 fully saturated rings. The predicted molar refractivity (Wildman–Crippen MR) is 89.4 cm³/mol. The van der Waals surface area contributed by atoms with E-state index in [1.807, 2.05) is 0 Å². The minimum Gasteiger partial charge on any atom is -0.268 e. The number of rotatable bonds is 3. The lowest BCUT2D eigenvalue weighted by molar-refractivity contribution is -0.123. The Kier molecular flexibility index (Phi) is 4.50. The van der Waals surface area contributed by atoms with Crippen molar-refractivity contribution < 1.29 is 14.0 Å². The number of hydrogen-bond donors (Lipinski definition) is 0. The molecule has 3 rings (SSSR count). The maximum absolute atomic E-state index is 13.2. The largest absolute Gasteiger partial charge is 0.293 e. The van der Waals surface area contributed by atoms with Gasteiger partial charge in [-0.25, -0.2) is 4.39 Å². The molecule has 0 radical (unpaired) electrons. The van der Waals surface area contributed by atoms with E-state index in [1.54, 1.807) is 36.4 Å². The highest BCUT2D eigenvalue weighted by molar-refractivity contribution is 8.18. The van der Waals surface area contributed by atoms with E-state index < -0.39 is 11.7 Å². The maximum atomic E-state index is 13.2. The van der Waals surface area contributed by atoms with E-state index in [-0.39, 0.29) is 16.7 Å². The number of benzene rings is 2. The van der Waals surface area contributed by atoms with Gasteiger partial charge in [0.25, 0.3) is 11.1 Å². The molecule has 0 atom stereocenters. The molecule has 0 aromatic heterocycles. The van der Waals surface area contributed by atoms with Crippen molar-refractivity contribution in [1.29, 1.82) is 0 Å². The normalized spacial score (nSPS) is 16.4. The van der Waals surface area contributed by atoms with E-state index in [2.05, 4.69) is 0 Å². The first-order valence-corrected chi connectivity index (χ1v) is 7.98. The Labute approximate surface area is 141 Å². The van der Waals surface area contributed by atoms with Crippen LogP contribution in [0.2, 0.25) is 5.02 Å². The van der Waals surface area contributed by atoms with Crippen LogP contribution in [-0.4, -0.2) is 16.0 Å². The zero-order chi connectivity index (χ0) is 16.4. The summed E-state index contributed by atoms with van der Waals surface area (Å²) in [6.07, 6.45) is 1.51. The lowest BCUT2D eigenvalue weighted by atomic mass is 10.2. The summed E-state index contributed by atoms with van der Waals surface area (Å²) in [5, 5.41) is 0.137. The number of thioether (sulfide) groups is 1. The molecule has 2 aromatic carbocycles. The van der Waals surface area contributed by atoms with Gasteiger partial charge < -0.3 is 0 Å². The van der Waals surface area contributed by atoms with Crippen molar-refractivity contribution in [2.24, 2.45) is 0 Å². The van der Waals surface area contributed by atoms with Gasteiger partial charge in [0, 0.05) is 5.02 Å². The van der Waals surface area contributed by atoms with Crippen molar-refractivity contribution in [2.75, 3.05) is 0 Å². The molecule has 6 heteroatoms. The molecule has 2 amide bonds. The molecule has 0 N–H and O–H groups in total. The van der Waals surface area contributed by atoms with Gasteiger partial charge in [0.1, 0.15) is 5.82 Å². The van der Waals surface area contributed by atoms with Crippen LogP contribution in [0.5, 0.6) is 0 Å². The number of nitrogens with zero attached hydrogens (tertiary/aromatic N) is 1. The van der Waals surface area contributed by atoms with E-state index >= 15 is 0 Å². The molecule has 0 aliphatic carbocycles. The van der Waals surface area contributed by atoms with Crippen LogP contribution in [0.1, 0.15) is 11.1 Å². The lowest BCUT2D eigenvalue weighted by Crippen LogP contribution is -2.27. The van der Waals surface area contributed by atoms with Gasteiger partial charge in [0.2, 0.25) is 0 Å². The molecule has 0 saturated carbocycles. The Morgan fingerprint density at radius 2 is 1.91 bits per heavy atom. The third-order valence-corrected chi connectivity index (χ3v) is 4.58. The average molecular weight is 348 g/mol. The molecule has 23 heavy (non-hydrogen) atoms. The highest BCUT2D eigenvalue weighted by atomic mass is 35.5. The van der Waals surface area contributed by atoms with Gasteiger partial charge >= 0.3 is 0 Å². The van der Waals surface area contributed by atoms with Gasteiger partial charge in [-0.15, -0.1) is 0 Å². The summed E-state index contributed by atoms with van der Waals surface area (Å²) in [7, 11) is 0. The van der Waals surface area contributed by atoms with Crippen molar-refractivity contribution in [3.05, 3.63) is 75.4 Å². The highest BCUT2D eigenvalue weighted by Gasteiger charge is 2.35. The van der Waals surface area contributed by atoms with Gasteiger partial charge in [-0.3, -0.25) is 14.5 Å². The van der Waals surface area contributed by atoms with E-state index in [1.165, 1.54) is 18.2 Å². The van der Waals surface area contributed by atoms with Crippen LogP contribution in [0.3, 0.4) is 0 Å². The summed E-state index contributed by atoms with van der Waals surface area (Å²) in [6, 6.07) is 12.9. The van der Waals surface area contributed by atoms with Crippen LogP contribution in [-0.2, 0) is 11.3 Å². The first kappa shape index (κ1) is 15.8. The van der Waals surface area contributed by atoms with Crippen LogP contribution < -0.4 is 0 Å². The second-order valence-corrected chi connectivity index (χ2v) is 6.31. The molecule has 1 heterocycles. The zero-order valence-electron chi connectivity index (χ0n) is 11.8. The first-order valence-electron chi connectivity index (χ1n) is 6.79. The second-order valence-electron chi connectivity index (χ2n) is 4.91. The molecule has 1 saturated heterocycles. The summed E-state index contributed by atoms with van der Waals surface area (Å²) < 4.78 is 13.2. The Bertz CT molecular complexity index is 822. The molecule has 1 aliphatic heterocycles. The van der Waals surface area contributed by atoms with Gasteiger partial charge in [-0.05, 0) is 47.2 Å². The van der Waals surface area contributed by atoms with Crippen LogP contribution >= 0.6 is 23.4 Å². The number of halogens is 2. The predicted octanol–water partition coefficient (Wildman–Crippen LogP) is 4.72. The van der Waals surface area contributed by atoms with Crippen molar-refractivity contribution >= 4 is 40.6 Å².